The molecule has 1 aliphatic rings. The van der Waals surface area contributed by atoms with Crippen molar-refractivity contribution >= 4 is 5.91 Å². The number of halogens is 3. The Morgan fingerprint density at radius 1 is 1.09 bits per heavy atom. The highest BCUT2D eigenvalue weighted by atomic mass is 19.4. The van der Waals surface area contributed by atoms with Crippen LogP contribution in [-0.2, 0) is 4.79 Å². The van der Waals surface area contributed by atoms with Crippen LogP contribution in [0.15, 0.2) is 0 Å². The van der Waals surface area contributed by atoms with E-state index in [-0.39, 0.29) is 17.5 Å². The molecule has 0 aromatic heterocycles. The third kappa shape index (κ3) is 5.12. The van der Waals surface area contributed by atoms with Gasteiger partial charge < -0.3 is 5.32 Å². The van der Waals surface area contributed by atoms with Crippen molar-refractivity contribution in [3.05, 3.63) is 0 Å². The molecule has 2 atom stereocenters. The average molecular weight is 323 g/mol. The summed E-state index contributed by atoms with van der Waals surface area (Å²) in [7, 11) is 0. The minimum atomic E-state index is -4.20. The summed E-state index contributed by atoms with van der Waals surface area (Å²) < 4.78 is 38.2. The second-order valence-corrected chi connectivity index (χ2v) is 6.69. The minimum Gasteiger partial charge on any atom is -0.350 e. The molecule has 2 unspecified atom stereocenters. The molecule has 1 N–H and O–H groups in total. The zero-order valence-electron chi connectivity index (χ0n) is 14.1. The summed E-state index contributed by atoms with van der Waals surface area (Å²) in [5.41, 5.74) is -0.266. The number of hydrogen-bond acceptors (Lipinski definition) is 3. The van der Waals surface area contributed by atoms with Gasteiger partial charge in [-0.3, -0.25) is 14.6 Å². The first-order chi connectivity index (χ1) is 9.98. The van der Waals surface area contributed by atoms with Crippen LogP contribution in [0.5, 0.6) is 0 Å². The van der Waals surface area contributed by atoms with Crippen molar-refractivity contribution in [1.82, 2.24) is 15.1 Å². The summed E-state index contributed by atoms with van der Waals surface area (Å²) in [6.07, 6.45) is -3.38. The van der Waals surface area contributed by atoms with E-state index in [9.17, 15) is 18.0 Å². The van der Waals surface area contributed by atoms with Crippen molar-refractivity contribution in [2.75, 3.05) is 26.2 Å². The van der Waals surface area contributed by atoms with Crippen LogP contribution in [0.2, 0.25) is 0 Å². The lowest BCUT2D eigenvalue weighted by Crippen LogP contribution is -2.59. The first kappa shape index (κ1) is 19.2. The zero-order valence-corrected chi connectivity index (χ0v) is 14.1. The van der Waals surface area contributed by atoms with Gasteiger partial charge in [-0.15, -0.1) is 0 Å². The number of carbonyl (C=O) groups is 1. The highest BCUT2D eigenvalue weighted by Gasteiger charge is 2.41. The molecular formula is C15H28F3N3O. The van der Waals surface area contributed by atoms with Crippen molar-refractivity contribution in [1.29, 1.82) is 0 Å². The molecule has 0 spiro atoms. The predicted octanol–water partition coefficient (Wildman–Crippen LogP) is 2.25. The van der Waals surface area contributed by atoms with Gasteiger partial charge >= 0.3 is 6.18 Å². The van der Waals surface area contributed by atoms with Gasteiger partial charge in [0.2, 0.25) is 5.91 Å². The van der Waals surface area contributed by atoms with Gasteiger partial charge in [0.25, 0.3) is 0 Å². The molecule has 0 radical (unpaired) electrons. The molecular weight excluding hydrogens is 295 g/mol. The van der Waals surface area contributed by atoms with Crippen molar-refractivity contribution in [3.63, 3.8) is 0 Å². The monoisotopic (exact) mass is 323 g/mol. The first-order valence-corrected chi connectivity index (χ1v) is 7.85. The van der Waals surface area contributed by atoms with Gasteiger partial charge in [0.1, 0.15) is 6.04 Å². The Kier molecular flexibility index (Phi) is 6.27. The van der Waals surface area contributed by atoms with Crippen LogP contribution in [0.1, 0.15) is 41.0 Å². The van der Waals surface area contributed by atoms with E-state index in [4.69, 9.17) is 0 Å². The molecule has 7 heteroatoms. The zero-order chi connectivity index (χ0) is 17.1. The molecule has 0 aromatic rings. The molecule has 1 fully saturated rings. The van der Waals surface area contributed by atoms with Crippen LogP contribution in [0.4, 0.5) is 13.2 Å². The molecule has 1 saturated heterocycles. The van der Waals surface area contributed by atoms with Gasteiger partial charge in [0.15, 0.2) is 0 Å². The van der Waals surface area contributed by atoms with Crippen LogP contribution in [0.25, 0.3) is 0 Å². The summed E-state index contributed by atoms with van der Waals surface area (Å²) >= 11 is 0. The number of alkyl halides is 3. The molecule has 1 rings (SSSR count). The second-order valence-electron chi connectivity index (χ2n) is 6.69. The van der Waals surface area contributed by atoms with E-state index < -0.39 is 12.2 Å². The van der Waals surface area contributed by atoms with E-state index in [2.05, 4.69) is 5.32 Å². The maximum absolute atomic E-state index is 12.7. The summed E-state index contributed by atoms with van der Waals surface area (Å²) in [5, 5.41) is 2.99. The van der Waals surface area contributed by atoms with E-state index in [1.54, 1.807) is 0 Å². The van der Waals surface area contributed by atoms with E-state index in [0.29, 0.717) is 26.2 Å². The van der Waals surface area contributed by atoms with Crippen LogP contribution in [0.3, 0.4) is 0 Å². The molecule has 4 nitrogen and oxygen atoms in total. The maximum Gasteiger partial charge on any atom is 0.403 e. The third-order valence-electron chi connectivity index (χ3n) is 4.64. The maximum atomic E-state index is 12.7. The Bertz CT molecular complexity index is 377. The Morgan fingerprint density at radius 2 is 1.55 bits per heavy atom. The average Bonchev–Trinajstić information content (AvgIpc) is 2.44. The molecule has 0 bridgehead atoms. The molecule has 0 aliphatic carbocycles. The number of nitrogens with one attached hydrogen (secondary N) is 1. The first-order valence-electron chi connectivity index (χ1n) is 7.85. The Balaban J connectivity index is 2.52. The number of piperazine rings is 1. The topological polar surface area (TPSA) is 35.6 Å². The van der Waals surface area contributed by atoms with Crippen LogP contribution < -0.4 is 5.32 Å². The summed E-state index contributed by atoms with van der Waals surface area (Å²) in [4.78, 5) is 15.6. The largest absolute Gasteiger partial charge is 0.403 e. The van der Waals surface area contributed by atoms with Crippen LogP contribution in [0, 0.1) is 0 Å². The summed E-state index contributed by atoms with van der Waals surface area (Å²) in [5.74, 6) is -0.0656. The minimum absolute atomic E-state index is 0.0656. The molecule has 22 heavy (non-hydrogen) atoms. The van der Waals surface area contributed by atoms with Crippen molar-refractivity contribution in [3.8, 4) is 0 Å². The summed E-state index contributed by atoms with van der Waals surface area (Å²) in [6.45, 7) is 10.5. The van der Waals surface area contributed by atoms with E-state index in [1.807, 2.05) is 32.6 Å². The van der Waals surface area contributed by atoms with Gasteiger partial charge in [0.05, 0.1) is 6.04 Å². The van der Waals surface area contributed by atoms with E-state index in [1.165, 1.54) is 11.8 Å². The van der Waals surface area contributed by atoms with Crippen molar-refractivity contribution in [2.24, 2.45) is 0 Å². The SMILES string of the molecule is CCC(C)(C)NC(=O)C(C)N1CCN(C(C)C(F)(F)F)CC1. The van der Waals surface area contributed by atoms with Crippen LogP contribution in [-0.4, -0.2) is 65.7 Å². The quantitative estimate of drug-likeness (QED) is 0.843. The highest BCUT2D eigenvalue weighted by Crippen LogP contribution is 2.25. The molecule has 1 heterocycles. The smallest absolute Gasteiger partial charge is 0.350 e. The number of hydrogen-bond donors (Lipinski definition) is 1. The Morgan fingerprint density at radius 3 is 1.95 bits per heavy atom. The molecule has 0 saturated carbocycles. The Hall–Kier alpha value is -0.820. The molecule has 1 aliphatic heterocycles. The van der Waals surface area contributed by atoms with Gasteiger partial charge in [0, 0.05) is 31.7 Å². The van der Waals surface area contributed by atoms with Crippen molar-refractivity contribution in [2.45, 2.75) is 64.8 Å². The fourth-order valence-electron chi connectivity index (χ4n) is 2.41. The van der Waals surface area contributed by atoms with Gasteiger partial charge in [-0.2, -0.15) is 13.2 Å². The van der Waals surface area contributed by atoms with Gasteiger partial charge in [-0.05, 0) is 34.1 Å². The second kappa shape index (κ2) is 7.17. The standard InChI is InChI=1S/C15H28F3N3O/c1-6-14(4,5)19-13(22)11(2)20-7-9-21(10-8-20)12(3)15(16,17)18/h11-12H,6-10H2,1-5H3,(H,19,22). The molecule has 130 valence electrons. The van der Waals surface area contributed by atoms with Crippen LogP contribution >= 0.6 is 0 Å². The number of carbonyl (C=O) groups excluding carboxylic acids is 1. The Labute approximate surface area is 131 Å². The fraction of sp³-hybridized carbons (Fsp3) is 0.933. The fourth-order valence-corrected chi connectivity index (χ4v) is 2.41. The molecule has 0 aromatic carbocycles. The third-order valence-corrected chi connectivity index (χ3v) is 4.64. The number of rotatable bonds is 5. The van der Waals surface area contributed by atoms with Gasteiger partial charge in [-0.1, -0.05) is 6.92 Å². The van der Waals surface area contributed by atoms with E-state index in [0.717, 1.165) is 6.42 Å². The normalized spacial score (nSPS) is 21.5. The van der Waals surface area contributed by atoms with Gasteiger partial charge in [-0.25, -0.2) is 0 Å². The number of nitrogens with zero attached hydrogens (tertiary/aromatic N) is 2. The number of amides is 1. The lowest BCUT2D eigenvalue weighted by molar-refractivity contribution is -0.183. The lowest BCUT2D eigenvalue weighted by atomic mass is 10.0. The molecule has 1 amide bonds. The summed E-state index contributed by atoms with van der Waals surface area (Å²) in [6, 6.07) is -1.76. The van der Waals surface area contributed by atoms with Crippen molar-refractivity contribution < 1.29 is 18.0 Å². The van der Waals surface area contributed by atoms with E-state index >= 15 is 0 Å². The predicted molar refractivity (Wildman–Crippen MR) is 80.6 cm³/mol. The highest BCUT2D eigenvalue weighted by molar-refractivity contribution is 5.82. The lowest BCUT2D eigenvalue weighted by Gasteiger charge is -2.41.